The number of rotatable bonds is 21. The zero-order valence-corrected chi connectivity index (χ0v) is 31.6. The summed E-state index contributed by atoms with van der Waals surface area (Å²) >= 11 is 2.45. The van der Waals surface area contributed by atoms with Crippen molar-refractivity contribution in [1.82, 2.24) is 5.32 Å². The van der Waals surface area contributed by atoms with Gasteiger partial charge in [-0.2, -0.15) is 13.2 Å². The van der Waals surface area contributed by atoms with Gasteiger partial charge in [0, 0.05) is 12.1 Å². The lowest BCUT2D eigenvalue weighted by Crippen LogP contribution is -2.32. The predicted octanol–water partition coefficient (Wildman–Crippen LogP) is 4.86. The molecule has 7 N–H and O–H groups in total. The highest BCUT2D eigenvalue weighted by atomic mass is 32.2. The minimum absolute atomic E-state index is 0.0372. The summed E-state index contributed by atoms with van der Waals surface area (Å²) in [6.07, 6.45) is -3.35. The molecular weight excluding hydrogens is 782 g/mol. The minimum atomic E-state index is -5.08. The Morgan fingerprint density at radius 2 is 1.46 bits per heavy atom. The Morgan fingerprint density at radius 1 is 0.907 bits per heavy atom. The highest BCUT2D eigenvalue weighted by Crippen LogP contribution is 2.39. The van der Waals surface area contributed by atoms with Crippen molar-refractivity contribution in [2.75, 3.05) is 71.0 Å². The highest BCUT2D eigenvalue weighted by Gasteiger charge is 2.38. The van der Waals surface area contributed by atoms with Crippen molar-refractivity contribution in [3.63, 3.8) is 0 Å². The number of nitrogens with two attached hydrogens (primary N) is 1. The fourth-order valence-corrected chi connectivity index (χ4v) is 8.15. The van der Waals surface area contributed by atoms with Crippen LogP contribution in [0.3, 0.4) is 0 Å². The van der Waals surface area contributed by atoms with E-state index in [-0.39, 0.29) is 41.8 Å². The van der Waals surface area contributed by atoms with E-state index in [1.54, 1.807) is 36.6 Å². The minimum Gasteiger partial charge on any atom is -0.481 e. The average Bonchev–Trinajstić information content (AvgIpc) is 3.56. The first kappa shape index (κ1) is 45.9. The number of nitrogen functional groups attached to an aromatic ring is 1. The quantitative estimate of drug-likeness (QED) is 0.0365. The first-order valence-electron chi connectivity index (χ1n) is 15.8. The van der Waals surface area contributed by atoms with Gasteiger partial charge in [0.05, 0.1) is 83.8 Å². The summed E-state index contributed by atoms with van der Waals surface area (Å²) in [6, 6.07) is 13.0. The standard InChI is InChI=1S/C31H40N4O9S3.C2HF3O2/c1-21-5-3-8-24(35-31(38)34-10-12-42-14-16-44-18-17-43-15-13-41-11-9-27(36)37)28(21)22-6-4-7-23(19-22)47(39,40)26-20-25(29(32)33)46-30(26)45-2;3-2(4,5)1(6)7/h3-8,19-20H,9-18H2,1-2H3,(H3,32,33)(H,36,37)(H2,34,35,38);(H,6,7). The number of hydrogen-bond acceptors (Lipinski definition) is 12. The molecule has 2 amide bonds. The molecule has 54 heavy (non-hydrogen) atoms. The third-order valence-electron chi connectivity index (χ3n) is 6.71. The van der Waals surface area contributed by atoms with Gasteiger partial charge in [-0.3, -0.25) is 10.2 Å². The topological polar surface area (TPSA) is 237 Å². The molecule has 3 rings (SSSR count). The van der Waals surface area contributed by atoms with Crippen molar-refractivity contribution in [3.05, 3.63) is 59.0 Å². The number of carbonyl (C=O) groups excluding carboxylic acids is 1. The Morgan fingerprint density at radius 3 is 2.00 bits per heavy atom. The Balaban J connectivity index is 0.00000131. The summed E-state index contributed by atoms with van der Waals surface area (Å²) in [5.74, 6) is -3.85. The molecule has 0 saturated heterocycles. The molecule has 0 aliphatic rings. The van der Waals surface area contributed by atoms with E-state index in [0.29, 0.717) is 65.5 Å². The lowest BCUT2D eigenvalue weighted by molar-refractivity contribution is -0.192. The van der Waals surface area contributed by atoms with Crippen molar-refractivity contribution in [2.24, 2.45) is 5.73 Å². The van der Waals surface area contributed by atoms with Gasteiger partial charge in [0.15, 0.2) is 0 Å². The van der Waals surface area contributed by atoms with Crippen molar-refractivity contribution in [3.8, 4) is 11.1 Å². The van der Waals surface area contributed by atoms with Gasteiger partial charge < -0.3 is 45.5 Å². The molecule has 0 atom stereocenters. The van der Waals surface area contributed by atoms with Crippen LogP contribution in [0, 0.1) is 12.3 Å². The summed E-state index contributed by atoms with van der Waals surface area (Å²) in [5.41, 5.74) is 8.28. The van der Waals surface area contributed by atoms with Gasteiger partial charge >= 0.3 is 24.1 Å². The number of halogens is 3. The lowest BCUT2D eigenvalue weighted by Gasteiger charge is -2.16. The molecule has 2 aromatic carbocycles. The third-order valence-corrected chi connectivity index (χ3v) is 11.0. The lowest BCUT2D eigenvalue weighted by atomic mass is 9.98. The van der Waals surface area contributed by atoms with E-state index in [4.69, 9.17) is 45.1 Å². The maximum atomic E-state index is 13.7. The molecule has 0 unspecified atom stereocenters. The summed E-state index contributed by atoms with van der Waals surface area (Å²) in [5, 5.41) is 29.0. The number of thioether (sulfide) groups is 1. The number of urea groups is 1. The second-order valence-corrected chi connectivity index (χ2v) is 14.7. The molecule has 298 valence electrons. The number of carbonyl (C=O) groups is 3. The summed E-state index contributed by atoms with van der Waals surface area (Å²) in [4.78, 5) is 32.6. The van der Waals surface area contributed by atoms with Crippen molar-refractivity contribution < 1.29 is 65.1 Å². The smallest absolute Gasteiger partial charge is 0.481 e. The third kappa shape index (κ3) is 15.6. The summed E-state index contributed by atoms with van der Waals surface area (Å²) in [7, 11) is -3.92. The van der Waals surface area contributed by atoms with Crippen LogP contribution in [-0.4, -0.2) is 114 Å². The SMILES string of the molecule is CSc1sc(C(=N)N)cc1S(=O)(=O)c1cccc(-c2c(C)cccc2NC(=O)NCCOCCOCCOCCOCCC(=O)O)c1.O=C(O)C(F)(F)F. The number of carboxylic acid groups (broad SMARTS) is 2. The van der Waals surface area contributed by atoms with Gasteiger partial charge in [0.1, 0.15) is 5.84 Å². The van der Waals surface area contributed by atoms with Gasteiger partial charge in [0.2, 0.25) is 9.84 Å². The summed E-state index contributed by atoms with van der Waals surface area (Å²) in [6.45, 7) is 4.67. The number of thiophene rings is 1. The molecule has 15 nitrogen and oxygen atoms in total. The van der Waals surface area contributed by atoms with Crippen LogP contribution >= 0.6 is 23.1 Å². The van der Waals surface area contributed by atoms with E-state index >= 15 is 0 Å². The molecule has 0 bridgehead atoms. The summed E-state index contributed by atoms with van der Waals surface area (Å²) < 4.78 is 81.0. The van der Waals surface area contributed by atoms with Crippen LogP contribution in [0.5, 0.6) is 0 Å². The molecule has 1 heterocycles. The molecule has 0 aliphatic heterocycles. The molecule has 0 radical (unpaired) electrons. The van der Waals surface area contributed by atoms with Crippen LogP contribution in [0.4, 0.5) is 23.7 Å². The number of alkyl halides is 3. The number of aryl methyl sites for hydroxylation is 1. The normalized spacial score (nSPS) is 11.4. The van der Waals surface area contributed by atoms with Crippen LogP contribution in [0.1, 0.15) is 16.9 Å². The van der Waals surface area contributed by atoms with E-state index in [2.05, 4.69) is 10.6 Å². The number of ether oxygens (including phenoxy) is 4. The number of anilines is 1. The van der Waals surface area contributed by atoms with E-state index < -0.39 is 34.0 Å². The fraction of sp³-hybridized carbons (Fsp3) is 0.394. The molecule has 0 spiro atoms. The number of amides is 2. The largest absolute Gasteiger partial charge is 0.490 e. The maximum Gasteiger partial charge on any atom is 0.490 e. The van der Waals surface area contributed by atoms with E-state index in [0.717, 1.165) is 16.9 Å². The zero-order valence-electron chi connectivity index (χ0n) is 29.2. The maximum absolute atomic E-state index is 13.7. The highest BCUT2D eigenvalue weighted by molar-refractivity contribution is 8.01. The number of carboxylic acids is 2. The van der Waals surface area contributed by atoms with Crippen LogP contribution in [0.25, 0.3) is 11.1 Å². The van der Waals surface area contributed by atoms with E-state index in [1.807, 2.05) is 13.0 Å². The van der Waals surface area contributed by atoms with E-state index in [1.165, 1.54) is 23.9 Å². The Hall–Kier alpha value is -4.25. The fourth-order valence-electron chi connectivity index (χ4n) is 4.25. The first-order chi connectivity index (χ1) is 25.5. The van der Waals surface area contributed by atoms with E-state index in [9.17, 15) is 31.2 Å². The van der Waals surface area contributed by atoms with Crippen molar-refractivity contribution in [1.29, 1.82) is 5.41 Å². The Labute approximate surface area is 317 Å². The number of aliphatic carboxylic acids is 2. The first-order valence-corrected chi connectivity index (χ1v) is 19.4. The number of benzene rings is 2. The zero-order chi connectivity index (χ0) is 40.3. The molecule has 0 fully saturated rings. The Kier molecular flexibility index (Phi) is 19.4. The van der Waals surface area contributed by atoms with Gasteiger partial charge in [-0.25, -0.2) is 18.0 Å². The molecule has 21 heteroatoms. The van der Waals surface area contributed by atoms with Gasteiger partial charge in [0.25, 0.3) is 0 Å². The van der Waals surface area contributed by atoms with Gasteiger partial charge in [-0.15, -0.1) is 23.1 Å². The number of nitrogens with one attached hydrogen (secondary N) is 3. The molecule has 3 aromatic rings. The number of hydrogen-bond donors (Lipinski definition) is 6. The van der Waals surface area contributed by atoms with Crippen molar-refractivity contribution in [2.45, 2.75) is 33.5 Å². The number of amidine groups is 1. The van der Waals surface area contributed by atoms with Crippen LogP contribution < -0.4 is 16.4 Å². The monoisotopic (exact) mass is 822 g/mol. The number of sulfone groups is 1. The van der Waals surface area contributed by atoms with Gasteiger partial charge in [-0.05, 0) is 48.6 Å². The second kappa shape index (κ2) is 22.8. The molecule has 0 aliphatic carbocycles. The van der Waals surface area contributed by atoms with Crippen LogP contribution in [0.15, 0.2) is 62.5 Å². The second-order valence-electron chi connectivity index (χ2n) is 10.7. The molecule has 0 saturated carbocycles. The predicted molar refractivity (Wildman–Crippen MR) is 195 cm³/mol. The molecular formula is C33H41F3N4O11S3. The average molecular weight is 823 g/mol. The van der Waals surface area contributed by atoms with Crippen LogP contribution in [0.2, 0.25) is 0 Å². The Bertz CT molecular complexity index is 1820. The molecule has 1 aromatic heterocycles. The van der Waals surface area contributed by atoms with Crippen LogP contribution in [-0.2, 0) is 38.4 Å². The van der Waals surface area contributed by atoms with Crippen molar-refractivity contribution >= 4 is 62.4 Å². The van der Waals surface area contributed by atoms with Gasteiger partial charge in [-0.1, -0.05) is 24.3 Å².